The van der Waals surface area contributed by atoms with E-state index in [1.807, 2.05) is 24.3 Å². The number of aryl methyl sites for hydroxylation is 1. The maximum Gasteiger partial charge on any atom is 0.363 e. The fourth-order valence-corrected chi connectivity index (χ4v) is 3.07. The summed E-state index contributed by atoms with van der Waals surface area (Å²) >= 11 is 0. The quantitative estimate of drug-likeness (QED) is 0.490. The smallest absolute Gasteiger partial charge is 0.363 e. The summed E-state index contributed by atoms with van der Waals surface area (Å²) in [5, 5.41) is 0. The van der Waals surface area contributed by atoms with E-state index in [9.17, 15) is 4.79 Å². The largest absolute Gasteiger partial charge is 0.493 e. The topological polar surface area (TPSA) is 66.3 Å². The Morgan fingerprint density at radius 1 is 1.00 bits per heavy atom. The Hall–Kier alpha value is -3.28. The van der Waals surface area contributed by atoms with Crippen LogP contribution in [-0.2, 0) is 16.0 Å². The van der Waals surface area contributed by atoms with Crippen LogP contribution in [-0.4, -0.2) is 33.2 Å². The lowest BCUT2D eigenvalue weighted by atomic mass is 10.1. The number of nitrogens with zero attached hydrogens (tertiary/aromatic N) is 1. The Morgan fingerprint density at radius 3 is 2.21 bits per heavy atom. The maximum atomic E-state index is 12.3. The van der Waals surface area contributed by atoms with Crippen molar-refractivity contribution in [2.75, 3.05) is 21.3 Å². The molecule has 0 aromatic heterocycles. The number of cyclic esters (lactones) is 1. The molecule has 3 rings (SSSR count). The predicted octanol–water partition coefficient (Wildman–Crippen LogP) is 4.40. The molecule has 6 nitrogen and oxygen atoms in total. The van der Waals surface area contributed by atoms with E-state index in [0.717, 1.165) is 24.8 Å². The maximum absolute atomic E-state index is 12.3. The van der Waals surface area contributed by atoms with Crippen LogP contribution in [0.1, 0.15) is 36.5 Å². The number of hydrogen-bond donors (Lipinski definition) is 0. The van der Waals surface area contributed by atoms with Crippen molar-refractivity contribution in [2.45, 2.75) is 26.2 Å². The van der Waals surface area contributed by atoms with Crippen LogP contribution in [0.25, 0.3) is 6.08 Å². The molecule has 29 heavy (non-hydrogen) atoms. The highest BCUT2D eigenvalue weighted by Gasteiger charge is 2.24. The first kappa shape index (κ1) is 20.5. The number of aliphatic imine (C=N–C) groups is 1. The van der Waals surface area contributed by atoms with Crippen LogP contribution in [0.2, 0.25) is 0 Å². The fraction of sp³-hybridized carbons (Fsp3) is 0.304. The molecule has 0 saturated heterocycles. The van der Waals surface area contributed by atoms with Crippen molar-refractivity contribution in [3.8, 4) is 17.2 Å². The van der Waals surface area contributed by atoms with Crippen molar-refractivity contribution >= 4 is 17.9 Å². The van der Waals surface area contributed by atoms with Gasteiger partial charge in [-0.1, -0.05) is 25.5 Å². The van der Waals surface area contributed by atoms with Gasteiger partial charge in [0.25, 0.3) is 0 Å². The first-order valence-electron chi connectivity index (χ1n) is 9.51. The van der Waals surface area contributed by atoms with Crippen molar-refractivity contribution in [1.82, 2.24) is 0 Å². The number of benzene rings is 2. The molecule has 0 atom stereocenters. The minimum Gasteiger partial charge on any atom is -0.493 e. The summed E-state index contributed by atoms with van der Waals surface area (Å²) in [6.07, 6.45) is 4.98. The lowest BCUT2D eigenvalue weighted by molar-refractivity contribution is -0.129. The third-order valence-electron chi connectivity index (χ3n) is 4.63. The highest BCUT2D eigenvalue weighted by molar-refractivity contribution is 6.12. The first-order valence-corrected chi connectivity index (χ1v) is 9.51. The van der Waals surface area contributed by atoms with Gasteiger partial charge < -0.3 is 18.9 Å². The standard InChI is InChI=1S/C23H25NO5/c1-5-6-7-15-8-10-17(11-9-15)22-24-18(23(25)29-22)12-16-13-19(26-2)21(28-4)20(14-16)27-3/h8-14H,5-7H2,1-4H3. The molecule has 0 bridgehead atoms. The summed E-state index contributed by atoms with van der Waals surface area (Å²) in [5.41, 5.74) is 2.93. The average molecular weight is 395 g/mol. The van der Waals surface area contributed by atoms with Gasteiger partial charge in [-0.25, -0.2) is 9.79 Å². The summed E-state index contributed by atoms with van der Waals surface area (Å²) in [6.45, 7) is 2.17. The van der Waals surface area contributed by atoms with Crippen molar-refractivity contribution in [1.29, 1.82) is 0 Å². The van der Waals surface area contributed by atoms with Crippen molar-refractivity contribution in [2.24, 2.45) is 4.99 Å². The molecule has 0 amide bonds. The molecule has 0 fully saturated rings. The summed E-state index contributed by atoms with van der Waals surface area (Å²) in [5.74, 6) is 1.28. The molecule has 0 aliphatic carbocycles. The van der Waals surface area contributed by atoms with E-state index in [1.54, 1.807) is 32.4 Å². The molecular weight excluding hydrogens is 370 g/mol. The molecule has 0 spiro atoms. The normalized spacial score (nSPS) is 14.6. The fourth-order valence-electron chi connectivity index (χ4n) is 3.07. The van der Waals surface area contributed by atoms with Gasteiger partial charge in [0.05, 0.1) is 21.3 Å². The van der Waals surface area contributed by atoms with Gasteiger partial charge in [0.2, 0.25) is 11.6 Å². The average Bonchev–Trinajstić information content (AvgIpc) is 3.11. The van der Waals surface area contributed by atoms with Crippen molar-refractivity contribution in [3.63, 3.8) is 0 Å². The van der Waals surface area contributed by atoms with E-state index in [-0.39, 0.29) is 5.70 Å². The molecule has 0 saturated carbocycles. The van der Waals surface area contributed by atoms with Crippen LogP contribution in [0.15, 0.2) is 47.1 Å². The molecule has 1 aliphatic heterocycles. The summed E-state index contributed by atoms with van der Waals surface area (Å²) in [4.78, 5) is 16.7. The SMILES string of the molecule is CCCCc1ccc(C2=NC(=Cc3cc(OC)c(OC)c(OC)c3)C(=O)O2)cc1. The Morgan fingerprint density at radius 2 is 1.66 bits per heavy atom. The third-order valence-corrected chi connectivity index (χ3v) is 4.63. The van der Waals surface area contributed by atoms with Gasteiger partial charge in [-0.3, -0.25) is 0 Å². The second-order valence-electron chi connectivity index (χ2n) is 6.60. The molecular formula is C23H25NO5. The van der Waals surface area contributed by atoms with E-state index in [0.29, 0.717) is 28.7 Å². The van der Waals surface area contributed by atoms with Crippen molar-refractivity contribution in [3.05, 3.63) is 58.8 Å². The van der Waals surface area contributed by atoms with Crippen LogP contribution in [0.3, 0.4) is 0 Å². The monoisotopic (exact) mass is 395 g/mol. The third kappa shape index (κ3) is 4.59. The van der Waals surface area contributed by atoms with Crippen LogP contribution in [0.4, 0.5) is 0 Å². The zero-order valence-corrected chi connectivity index (χ0v) is 17.2. The number of ether oxygens (including phenoxy) is 4. The second kappa shape index (κ2) is 9.28. The van der Waals surface area contributed by atoms with Gasteiger partial charge in [0.15, 0.2) is 17.2 Å². The van der Waals surface area contributed by atoms with Gasteiger partial charge in [0.1, 0.15) is 0 Å². The summed E-state index contributed by atoms with van der Waals surface area (Å²) < 4.78 is 21.4. The molecule has 1 aliphatic rings. The highest BCUT2D eigenvalue weighted by Crippen LogP contribution is 2.39. The minimum atomic E-state index is -0.496. The number of esters is 1. The van der Waals surface area contributed by atoms with Crippen molar-refractivity contribution < 1.29 is 23.7 Å². The number of rotatable bonds is 8. The van der Waals surface area contributed by atoms with Gasteiger partial charge >= 0.3 is 5.97 Å². The first-order chi connectivity index (χ1) is 14.1. The van der Waals surface area contributed by atoms with Crippen LogP contribution in [0.5, 0.6) is 17.2 Å². The van der Waals surface area contributed by atoms with E-state index in [1.165, 1.54) is 12.7 Å². The number of carbonyl (C=O) groups is 1. The molecule has 2 aromatic carbocycles. The Labute approximate surface area is 170 Å². The number of unbranched alkanes of at least 4 members (excludes halogenated alkanes) is 1. The second-order valence-corrected chi connectivity index (χ2v) is 6.60. The van der Waals surface area contributed by atoms with Gasteiger partial charge in [-0.2, -0.15) is 0 Å². The Kier molecular flexibility index (Phi) is 6.54. The van der Waals surface area contributed by atoms with E-state index in [2.05, 4.69) is 11.9 Å². The van der Waals surface area contributed by atoms with Gasteiger partial charge in [0, 0.05) is 5.56 Å². The van der Waals surface area contributed by atoms with Crippen LogP contribution in [0, 0.1) is 0 Å². The molecule has 1 heterocycles. The molecule has 0 radical (unpaired) electrons. The molecule has 152 valence electrons. The highest BCUT2D eigenvalue weighted by atomic mass is 16.6. The Balaban J connectivity index is 1.88. The predicted molar refractivity (Wildman–Crippen MR) is 112 cm³/mol. The number of methoxy groups -OCH3 is 3. The Bertz CT molecular complexity index is 919. The van der Waals surface area contributed by atoms with Gasteiger partial charge in [-0.05, 0) is 54.3 Å². The number of hydrogen-bond acceptors (Lipinski definition) is 6. The molecule has 0 N–H and O–H groups in total. The lowest BCUT2D eigenvalue weighted by Gasteiger charge is -2.12. The summed E-state index contributed by atoms with van der Waals surface area (Å²) in [7, 11) is 4.62. The zero-order chi connectivity index (χ0) is 20.8. The number of carbonyl (C=O) groups excluding carboxylic acids is 1. The molecule has 0 unspecified atom stereocenters. The van der Waals surface area contributed by atoms with E-state index < -0.39 is 5.97 Å². The van der Waals surface area contributed by atoms with Crippen LogP contribution < -0.4 is 14.2 Å². The van der Waals surface area contributed by atoms with Gasteiger partial charge in [-0.15, -0.1) is 0 Å². The zero-order valence-electron chi connectivity index (χ0n) is 17.2. The van der Waals surface area contributed by atoms with E-state index >= 15 is 0 Å². The molecule has 2 aromatic rings. The minimum absolute atomic E-state index is 0.212. The van der Waals surface area contributed by atoms with E-state index in [4.69, 9.17) is 18.9 Å². The van der Waals surface area contributed by atoms with Crippen LogP contribution >= 0.6 is 0 Å². The molecule has 6 heteroatoms. The summed E-state index contributed by atoms with van der Waals surface area (Å²) in [6, 6.07) is 11.4. The lowest BCUT2D eigenvalue weighted by Crippen LogP contribution is -2.05.